The van der Waals surface area contributed by atoms with Crippen LogP contribution in [-0.4, -0.2) is 39.9 Å². The Labute approximate surface area is 171 Å². The standard InChI is InChI=1S/C22H22FN3O4/c1-12(24)13-6-7-25(10-13)20-9-19-16(8-18(20)23)21(28)17(22(29)30)11-26(19)14-2-4-15(27)5-3-14/h2-5,8-9,11-13,27H,6-7,10,24H2,1H3,(H,29,30)/t12-,13-/m0/s1. The molecule has 3 aromatic rings. The van der Waals surface area contributed by atoms with E-state index in [0.717, 1.165) is 12.5 Å². The van der Waals surface area contributed by atoms with Crippen LogP contribution in [0, 0.1) is 11.7 Å². The summed E-state index contributed by atoms with van der Waals surface area (Å²) in [5, 5.41) is 19.0. The van der Waals surface area contributed by atoms with E-state index in [2.05, 4.69) is 0 Å². The normalized spacial score (nSPS) is 17.4. The summed E-state index contributed by atoms with van der Waals surface area (Å²) in [6.45, 7) is 3.18. The number of hydrogen-bond acceptors (Lipinski definition) is 5. The monoisotopic (exact) mass is 411 g/mol. The van der Waals surface area contributed by atoms with Crippen molar-refractivity contribution in [2.45, 2.75) is 19.4 Å². The number of fused-ring (bicyclic) bond motifs is 1. The lowest BCUT2D eigenvalue weighted by Gasteiger charge is -2.22. The number of anilines is 1. The molecule has 0 amide bonds. The highest BCUT2D eigenvalue weighted by Crippen LogP contribution is 2.31. The van der Waals surface area contributed by atoms with Crippen molar-refractivity contribution in [3.05, 3.63) is 64.2 Å². The minimum Gasteiger partial charge on any atom is -0.508 e. The maximum atomic E-state index is 15.0. The average molecular weight is 411 g/mol. The molecular formula is C22H22FN3O4. The van der Waals surface area contributed by atoms with Gasteiger partial charge in [-0.2, -0.15) is 0 Å². The van der Waals surface area contributed by atoms with E-state index in [1.165, 1.54) is 22.9 Å². The van der Waals surface area contributed by atoms with Gasteiger partial charge in [-0.3, -0.25) is 4.79 Å². The number of carboxylic acid groups (broad SMARTS) is 1. The number of phenols is 1. The maximum Gasteiger partial charge on any atom is 0.341 e. The smallest absolute Gasteiger partial charge is 0.341 e. The molecule has 0 radical (unpaired) electrons. The quantitative estimate of drug-likeness (QED) is 0.609. The Morgan fingerprint density at radius 1 is 1.27 bits per heavy atom. The zero-order valence-electron chi connectivity index (χ0n) is 16.4. The average Bonchev–Trinajstić information content (AvgIpc) is 3.19. The summed E-state index contributed by atoms with van der Waals surface area (Å²) in [4.78, 5) is 26.2. The van der Waals surface area contributed by atoms with Crippen LogP contribution < -0.4 is 16.1 Å². The number of benzene rings is 2. The van der Waals surface area contributed by atoms with Crippen LogP contribution in [-0.2, 0) is 0 Å². The Kier molecular flexibility index (Phi) is 4.95. The molecule has 4 rings (SSSR count). The summed E-state index contributed by atoms with van der Waals surface area (Å²) >= 11 is 0. The minimum absolute atomic E-state index is 0.00757. The molecule has 4 N–H and O–H groups in total. The Morgan fingerprint density at radius 2 is 1.97 bits per heavy atom. The fraction of sp³-hybridized carbons (Fsp3) is 0.273. The van der Waals surface area contributed by atoms with Crippen LogP contribution in [0.4, 0.5) is 10.1 Å². The number of aromatic nitrogens is 1. The third kappa shape index (κ3) is 3.39. The third-order valence-electron chi connectivity index (χ3n) is 5.74. The number of aromatic hydroxyl groups is 1. The third-order valence-corrected chi connectivity index (χ3v) is 5.74. The highest BCUT2D eigenvalue weighted by molar-refractivity contribution is 5.94. The maximum absolute atomic E-state index is 15.0. The van der Waals surface area contributed by atoms with Gasteiger partial charge in [-0.05, 0) is 55.7 Å². The Bertz CT molecular complexity index is 1190. The first-order valence-corrected chi connectivity index (χ1v) is 9.68. The number of halogens is 1. The molecule has 30 heavy (non-hydrogen) atoms. The van der Waals surface area contributed by atoms with E-state index in [0.29, 0.717) is 30.0 Å². The lowest BCUT2D eigenvalue weighted by atomic mass is 10.0. The van der Waals surface area contributed by atoms with Crippen molar-refractivity contribution >= 4 is 22.6 Å². The van der Waals surface area contributed by atoms with Crippen LogP contribution in [0.1, 0.15) is 23.7 Å². The largest absolute Gasteiger partial charge is 0.508 e. The van der Waals surface area contributed by atoms with Crippen molar-refractivity contribution in [3.8, 4) is 11.4 Å². The van der Waals surface area contributed by atoms with Gasteiger partial charge in [0.2, 0.25) is 5.43 Å². The molecule has 2 aromatic carbocycles. The molecule has 1 aliphatic rings. The van der Waals surface area contributed by atoms with Crippen molar-refractivity contribution in [3.63, 3.8) is 0 Å². The molecule has 1 fully saturated rings. The molecule has 0 saturated carbocycles. The topological polar surface area (TPSA) is 109 Å². The zero-order valence-corrected chi connectivity index (χ0v) is 16.4. The Balaban J connectivity index is 1.94. The summed E-state index contributed by atoms with van der Waals surface area (Å²) in [7, 11) is 0. The number of aromatic carboxylic acids is 1. The highest BCUT2D eigenvalue weighted by Gasteiger charge is 2.28. The van der Waals surface area contributed by atoms with E-state index in [1.807, 2.05) is 11.8 Å². The number of carboxylic acids is 1. The lowest BCUT2D eigenvalue weighted by molar-refractivity contribution is 0.0695. The molecule has 0 unspecified atom stereocenters. The summed E-state index contributed by atoms with van der Waals surface area (Å²) in [6.07, 6.45) is 2.08. The Morgan fingerprint density at radius 3 is 2.57 bits per heavy atom. The van der Waals surface area contributed by atoms with E-state index in [9.17, 15) is 24.2 Å². The number of carbonyl (C=O) groups is 1. The number of phenolic OH excluding ortho intramolecular Hbond substituents is 1. The molecule has 0 bridgehead atoms. The first kappa shape index (κ1) is 19.9. The molecule has 0 spiro atoms. The van der Waals surface area contributed by atoms with Crippen molar-refractivity contribution in [1.29, 1.82) is 0 Å². The van der Waals surface area contributed by atoms with Gasteiger partial charge in [0.15, 0.2) is 0 Å². The van der Waals surface area contributed by atoms with Gasteiger partial charge in [0.05, 0.1) is 11.2 Å². The highest BCUT2D eigenvalue weighted by atomic mass is 19.1. The van der Waals surface area contributed by atoms with Crippen molar-refractivity contribution in [2.24, 2.45) is 11.7 Å². The summed E-state index contributed by atoms with van der Waals surface area (Å²) in [6, 6.07) is 8.78. The number of nitrogens with two attached hydrogens (primary N) is 1. The van der Waals surface area contributed by atoms with Gasteiger partial charge in [-0.25, -0.2) is 9.18 Å². The van der Waals surface area contributed by atoms with E-state index >= 15 is 0 Å². The van der Waals surface area contributed by atoms with Crippen molar-refractivity contribution < 1.29 is 19.4 Å². The molecule has 2 heterocycles. The van der Waals surface area contributed by atoms with Crippen molar-refractivity contribution in [1.82, 2.24) is 4.57 Å². The fourth-order valence-electron chi connectivity index (χ4n) is 3.99. The second-order valence-corrected chi connectivity index (χ2v) is 7.74. The van der Waals surface area contributed by atoms with Crippen LogP contribution >= 0.6 is 0 Å². The van der Waals surface area contributed by atoms with Crippen molar-refractivity contribution in [2.75, 3.05) is 18.0 Å². The molecule has 1 saturated heterocycles. The van der Waals surface area contributed by atoms with Gasteiger partial charge < -0.3 is 25.4 Å². The van der Waals surface area contributed by atoms with E-state index < -0.39 is 22.8 Å². The number of pyridine rings is 1. The summed E-state index contributed by atoms with van der Waals surface area (Å²) in [5.74, 6) is -1.68. The van der Waals surface area contributed by atoms with E-state index in [1.54, 1.807) is 18.2 Å². The first-order valence-electron chi connectivity index (χ1n) is 9.68. The molecule has 0 aliphatic carbocycles. The van der Waals surface area contributed by atoms with Gasteiger partial charge in [-0.15, -0.1) is 0 Å². The van der Waals surface area contributed by atoms with Crippen LogP contribution in [0.15, 0.2) is 47.4 Å². The molecule has 8 heteroatoms. The van der Waals surface area contributed by atoms with Crippen LogP contribution in [0.3, 0.4) is 0 Å². The fourth-order valence-corrected chi connectivity index (χ4v) is 3.99. The number of rotatable bonds is 4. The van der Waals surface area contributed by atoms with E-state index in [-0.39, 0.29) is 23.1 Å². The van der Waals surface area contributed by atoms with Gasteiger partial charge in [0, 0.05) is 36.4 Å². The Hall–Kier alpha value is -3.39. The predicted molar refractivity (Wildman–Crippen MR) is 112 cm³/mol. The van der Waals surface area contributed by atoms with Gasteiger partial charge >= 0.3 is 5.97 Å². The molecule has 1 aromatic heterocycles. The number of nitrogens with zero attached hydrogens (tertiary/aromatic N) is 2. The first-order chi connectivity index (χ1) is 14.3. The second kappa shape index (κ2) is 7.46. The van der Waals surface area contributed by atoms with E-state index in [4.69, 9.17) is 5.73 Å². The van der Waals surface area contributed by atoms with Crippen LogP contribution in [0.2, 0.25) is 0 Å². The second-order valence-electron chi connectivity index (χ2n) is 7.74. The number of hydrogen-bond donors (Lipinski definition) is 3. The molecule has 7 nitrogen and oxygen atoms in total. The summed E-state index contributed by atoms with van der Waals surface area (Å²) < 4.78 is 16.5. The van der Waals surface area contributed by atoms with Crippen LogP contribution in [0.5, 0.6) is 5.75 Å². The summed E-state index contributed by atoms with van der Waals surface area (Å²) in [5.41, 5.74) is 6.07. The molecular weight excluding hydrogens is 389 g/mol. The molecule has 2 atom stereocenters. The van der Waals surface area contributed by atoms with Gasteiger partial charge in [0.25, 0.3) is 0 Å². The predicted octanol–water partition coefficient (Wildman–Crippen LogP) is 2.71. The van der Waals surface area contributed by atoms with Gasteiger partial charge in [0.1, 0.15) is 17.1 Å². The van der Waals surface area contributed by atoms with Crippen LogP contribution in [0.25, 0.3) is 16.6 Å². The molecule has 1 aliphatic heterocycles. The lowest BCUT2D eigenvalue weighted by Crippen LogP contribution is -2.30. The molecule has 156 valence electrons. The zero-order chi connectivity index (χ0) is 21.6. The SMILES string of the molecule is C[C@H](N)[C@H]1CCN(c2cc3c(cc2F)c(=O)c(C(=O)O)cn3-c2ccc(O)cc2)C1. The van der Waals surface area contributed by atoms with Gasteiger partial charge in [-0.1, -0.05) is 0 Å². The minimum atomic E-state index is -1.39.